The van der Waals surface area contributed by atoms with Gasteiger partial charge in [-0.25, -0.2) is 0 Å². The molecule has 1 aliphatic carbocycles. The van der Waals surface area contributed by atoms with Crippen LogP contribution in [0.25, 0.3) is 11.1 Å². The standard InChI is InChI=1S/C32H34O4/c1-4-6-18-35-30-16-8-22(3)19-28(30)26-10-9-24-13-17-31(29(24)20-26)36-27-14-11-23(12-15-27)25(7-5-2)21-32(33)34/h8-12,14-16,19-20,25,31H,4,6,13,17-18,21H2,1-3H3,(H,33,34). The van der Waals surface area contributed by atoms with Gasteiger partial charge in [0, 0.05) is 5.56 Å². The normalized spacial score (nSPS) is 14.9. The average molecular weight is 483 g/mol. The maximum Gasteiger partial charge on any atom is 0.304 e. The van der Waals surface area contributed by atoms with Gasteiger partial charge in [-0.2, -0.15) is 0 Å². The van der Waals surface area contributed by atoms with E-state index in [2.05, 4.69) is 62.1 Å². The van der Waals surface area contributed by atoms with Crippen LogP contribution in [0.15, 0.2) is 60.7 Å². The molecule has 0 fully saturated rings. The van der Waals surface area contributed by atoms with Gasteiger partial charge in [-0.05, 0) is 85.7 Å². The van der Waals surface area contributed by atoms with Gasteiger partial charge >= 0.3 is 5.97 Å². The lowest BCUT2D eigenvalue weighted by Gasteiger charge is -2.18. The van der Waals surface area contributed by atoms with Crippen LogP contribution in [-0.4, -0.2) is 17.7 Å². The largest absolute Gasteiger partial charge is 0.493 e. The highest BCUT2D eigenvalue weighted by atomic mass is 16.5. The fourth-order valence-electron chi connectivity index (χ4n) is 4.72. The molecule has 0 aromatic heterocycles. The smallest absolute Gasteiger partial charge is 0.304 e. The van der Waals surface area contributed by atoms with Crippen molar-refractivity contribution in [1.82, 2.24) is 0 Å². The van der Waals surface area contributed by atoms with Gasteiger partial charge in [-0.15, -0.1) is 5.92 Å². The van der Waals surface area contributed by atoms with Gasteiger partial charge < -0.3 is 14.6 Å². The van der Waals surface area contributed by atoms with Gasteiger partial charge in [0.2, 0.25) is 0 Å². The van der Waals surface area contributed by atoms with E-state index in [9.17, 15) is 9.90 Å². The molecular weight excluding hydrogens is 448 g/mol. The number of aliphatic carboxylic acids is 1. The minimum Gasteiger partial charge on any atom is -0.493 e. The summed E-state index contributed by atoms with van der Waals surface area (Å²) in [5.41, 5.74) is 6.90. The maximum atomic E-state index is 11.2. The van der Waals surface area contributed by atoms with Crippen LogP contribution in [0.5, 0.6) is 11.5 Å². The molecular formula is C32H34O4. The Kier molecular flexibility index (Phi) is 8.33. The number of rotatable bonds is 10. The Morgan fingerprint density at radius 3 is 2.64 bits per heavy atom. The third-order valence-corrected chi connectivity index (χ3v) is 6.63. The number of aryl methyl sites for hydroxylation is 2. The van der Waals surface area contributed by atoms with Crippen molar-refractivity contribution in [2.75, 3.05) is 6.61 Å². The van der Waals surface area contributed by atoms with E-state index in [0.29, 0.717) is 0 Å². The third-order valence-electron chi connectivity index (χ3n) is 6.63. The van der Waals surface area contributed by atoms with Crippen molar-refractivity contribution in [2.24, 2.45) is 0 Å². The molecule has 186 valence electrons. The predicted molar refractivity (Wildman–Crippen MR) is 144 cm³/mol. The van der Waals surface area contributed by atoms with E-state index in [4.69, 9.17) is 9.47 Å². The molecule has 0 saturated heterocycles. The molecule has 4 rings (SSSR count). The maximum absolute atomic E-state index is 11.2. The topological polar surface area (TPSA) is 55.8 Å². The van der Waals surface area contributed by atoms with Crippen LogP contribution in [0.4, 0.5) is 0 Å². The van der Waals surface area contributed by atoms with Crippen molar-refractivity contribution in [3.8, 4) is 34.5 Å². The van der Waals surface area contributed by atoms with Crippen LogP contribution in [-0.2, 0) is 11.2 Å². The Morgan fingerprint density at radius 1 is 1.11 bits per heavy atom. The number of unbranched alkanes of at least 4 members (excludes halogenated alkanes) is 1. The zero-order valence-corrected chi connectivity index (χ0v) is 21.3. The summed E-state index contributed by atoms with van der Waals surface area (Å²) < 4.78 is 12.5. The number of carbonyl (C=O) groups is 1. The quantitative estimate of drug-likeness (QED) is 0.240. The summed E-state index contributed by atoms with van der Waals surface area (Å²) in [5.74, 6) is 6.37. The van der Waals surface area contributed by atoms with Crippen LogP contribution in [0, 0.1) is 18.8 Å². The highest BCUT2D eigenvalue weighted by molar-refractivity contribution is 5.72. The van der Waals surface area contributed by atoms with Crippen LogP contribution < -0.4 is 9.47 Å². The van der Waals surface area contributed by atoms with Crippen LogP contribution >= 0.6 is 0 Å². The first kappa shape index (κ1) is 25.4. The number of hydrogen-bond donors (Lipinski definition) is 1. The predicted octanol–water partition coefficient (Wildman–Crippen LogP) is 7.49. The van der Waals surface area contributed by atoms with Crippen molar-refractivity contribution >= 4 is 5.97 Å². The lowest BCUT2D eigenvalue weighted by atomic mass is 9.96. The Hall–Kier alpha value is -3.71. The van der Waals surface area contributed by atoms with E-state index in [1.165, 1.54) is 16.7 Å². The van der Waals surface area contributed by atoms with Gasteiger partial charge in [0.1, 0.15) is 17.6 Å². The first-order chi connectivity index (χ1) is 17.5. The van der Waals surface area contributed by atoms with Gasteiger partial charge in [-0.3, -0.25) is 4.79 Å². The van der Waals surface area contributed by atoms with E-state index in [1.54, 1.807) is 6.92 Å². The van der Waals surface area contributed by atoms with Crippen LogP contribution in [0.2, 0.25) is 0 Å². The Labute approximate surface area is 214 Å². The molecule has 2 atom stereocenters. The number of ether oxygens (including phenoxy) is 2. The Balaban J connectivity index is 1.55. The Morgan fingerprint density at radius 2 is 1.92 bits per heavy atom. The van der Waals surface area contributed by atoms with Crippen LogP contribution in [0.1, 0.15) is 73.8 Å². The summed E-state index contributed by atoms with van der Waals surface area (Å²) in [5, 5.41) is 9.20. The first-order valence-electron chi connectivity index (χ1n) is 12.8. The van der Waals surface area contributed by atoms with Crippen molar-refractivity contribution < 1.29 is 19.4 Å². The summed E-state index contributed by atoms with van der Waals surface area (Å²) in [7, 11) is 0. The summed E-state index contributed by atoms with van der Waals surface area (Å²) in [4.78, 5) is 11.2. The summed E-state index contributed by atoms with van der Waals surface area (Å²) in [6.07, 6.45) is 4.02. The molecule has 0 spiro atoms. The first-order valence-corrected chi connectivity index (χ1v) is 12.8. The van der Waals surface area contributed by atoms with Gasteiger partial charge in [-0.1, -0.05) is 55.2 Å². The second kappa shape index (κ2) is 11.8. The molecule has 2 unspecified atom stereocenters. The highest BCUT2D eigenvalue weighted by Gasteiger charge is 2.25. The van der Waals surface area contributed by atoms with Crippen LogP contribution in [0.3, 0.4) is 0 Å². The summed E-state index contributed by atoms with van der Waals surface area (Å²) in [6, 6.07) is 20.7. The lowest BCUT2D eigenvalue weighted by molar-refractivity contribution is -0.137. The second-order valence-corrected chi connectivity index (χ2v) is 9.37. The van der Waals surface area contributed by atoms with Crippen molar-refractivity contribution in [3.63, 3.8) is 0 Å². The molecule has 0 saturated carbocycles. The Bertz CT molecular complexity index is 1260. The zero-order valence-electron chi connectivity index (χ0n) is 21.3. The van der Waals surface area contributed by atoms with E-state index >= 15 is 0 Å². The monoisotopic (exact) mass is 482 g/mol. The SMILES string of the molecule is CC#CC(CC(=O)O)c1ccc(OC2CCc3ccc(-c4cc(C)ccc4OCCCC)cc32)cc1. The molecule has 0 radical (unpaired) electrons. The molecule has 0 amide bonds. The lowest BCUT2D eigenvalue weighted by Crippen LogP contribution is -2.06. The molecule has 0 bridgehead atoms. The van der Waals surface area contributed by atoms with E-state index in [0.717, 1.165) is 60.5 Å². The molecule has 3 aromatic carbocycles. The number of carboxylic acid groups (broad SMARTS) is 1. The second-order valence-electron chi connectivity index (χ2n) is 9.37. The minimum absolute atomic E-state index is 0.0110. The van der Waals surface area contributed by atoms with Gasteiger partial charge in [0.05, 0.1) is 18.9 Å². The molecule has 1 aliphatic rings. The fourth-order valence-corrected chi connectivity index (χ4v) is 4.72. The molecule has 4 heteroatoms. The highest BCUT2D eigenvalue weighted by Crippen LogP contribution is 2.40. The molecule has 36 heavy (non-hydrogen) atoms. The minimum atomic E-state index is -0.853. The third kappa shape index (κ3) is 6.10. The number of hydrogen-bond acceptors (Lipinski definition) is 3. The molecule has 0 aliphatic heterocycles. The fraction of sp³-hybridized carbons (Fsp3) is 0.344. The number of fused-ring (bicyclic) bond motifs is 1. The summed E-state index contributed by atoms with van der Waals surface area (Å²) >= 11 is 0. The number of benzene rings is 3. The molecule has 1 N–H and O–H groups in total. The van der Waals surface area contributed by atoms with Crippen molar-refractivity contribution in [1.29, 1.82) is 0 Å². The van der Waals surface area contributed by atoms with E-state index < -0.39 is 5.97 Å². The van der Waals surface area contributed by atoms with Gasteiger partial charge in [0.15, 0.2) is 0 Å². The zero-order chi connectivity index (χ0) is 25.5. The average Bonchev–Trinajstić information content (AvgIpc) is 3.27. The van der Waals surface area contributed by atoms with Gasteiger partial charge in [0.25, 0.3) is 0 Å². The number of carboxylic acids is 1. The van der Waals surface area contributed by atoms with E-state index in [1.807, 2.05) is 24.3 Å². The van der Waals surface area contributed by atoms with Crippen molar-refractivity contribution in [2.45, 2.75) is 64.9 Å². The molecule has 3 aromatic rings. The van der Waals surface area contributed by atoms with E-state index in [-0.39, 0.29) is 18.4 Å². The summed E-state index contributed by atoms with van der Waals surface area (Å²) in [6.45, 7) is 6.72. The molecule has 0 heterocycles. The molecule has 4 nitrogen and oxygen atoms in total. The van der Waals surface area contributed by atoms with Crippen molar-refractivity contribution in [3.05, 3.63) is 82.9 Å².